The van der Waals surface area contributed by atoms with Crippen molar-refractivity contribution in [2.24, 2.45) is 0 Å². The molecule has 0 spiro atoms. The molecule has 0 aliphatic heterocycles. The Bertz CT molecular complexity index is 340. The Labute approximate surface area is 119 Å². The van der Waals surface area contributed by atoms with Gasteiger partial charge in [0.05, 0.1) is 0 Å². The Morgan fingerprint density at radius 2 is 1.85 bits per heavy atom. The first-order chi connectivity index (χ1) is 9.65. The molecule has 3 N–H and O–H groups in total. The second-order valence-electron chi connectivity index (χ2n) is 4.19. The van der Waals surface area contributed by atoms with Crippen LogP contribution in [0.4, 0.5) is 0 Å². The van der Waals surface area contributed by atoms with Crippen molar-refractivity contribution >= 4 is 11.8 Å². The first kappa shape index (κ1) is 18.3. The van der Waals surface area contributed by atoms with Gasteiger partial charge in [-0.15, -0.1) is 0 Å². The number of carbonyl (C=O) groups is 2. The van der Waals surface area contributed by atoms with E-state index in [1.165, 1.54) is 17.1 Å². The molecule has 6 heteroatoms. The van der Waals surface area contributed by atoms with Crippen molar-refractivity contribution in [2.45, 2.75) is 32.6 Å². The molecule has 0 heterocycles. The van der Waals surface area contributed by atoms with Crippen LogP contribution in [0.2, 0.25) is 0 Å². The molecule has 0 saturated heterocycles. The fourth-order valence-electron chi connectivity index (χ4n) is 1.47. The highest BCUT2D eigenvalue weighted by Gasteiger charge is 2.07. The quantitative estimate of drug-likeness (QED) is 0.310. The average Bonchev–Trinajstić information content (AvgIpc) is 2.43. The standard InChI is InChI=1S/C14H24N2O4/c1-2-3-7-10-16(12-18)14(20)9-6-4-5-8-13(19)15-11-17/h5-6,8-9,17-18H,2-4,7,10-12H2,1H3,(H,15,19). The molecule has 0 rings (SSSR count). The average molecular weight is 284 g/mol. The van der Waals surface area contributed by atoms with Gasteiger partial charge in [0.1, 0.15) is 13.5 Å². The first-order valence-corrected chi connectivity index (χ1v) is 6.77. The SMILES string of the molecule is CCCCCN(CO)C(=O)C=CCC=CC(=O)NCO. The Morgan fingerprint density at radius 1 is 1.15 bits per heavy atom. The number of hydrogen-bond donors (Lipinski definition) is 3. The lowest BCUT2D eigenvalue weighted by molar-refractivity contribution is -0.129. The minimum Gasteiger partial charge on any atom is -0.376 e. The Hall–Kier alpha value is -1.66. The van der Waals surface area contributed by atoms with Crippen LogP contribution in [-0.4, -0.2) is 46.9 Å². The van der Waals surface area contributed by atoms with Crippen molar-refractivity contribution < 1.29 is 19.8 Å². The Kier molecular flexibility index (Phi) is 11.4. The molecular formula is C14H24N2O4. The number of aliphatic hydroxyl groups is 2. The molecule has 0 fully saturated rings. The van der Waals surface area contributed by atoms with E-state index in [0.717, 1.165) is 19.3 Å². The summed E-state index contributed by atoms with van der Waals surface area (Å²) in [5, 5.41) is 19.7. The second-order valence-corrected chi connectivity index (χ2v) is 4.19. The smallest absolute Gasteiger partial charge is 0.248 e. The van der Waals surface area contributed by atoms with E-state index in [0.29, 0.717) is 13.0 Å². The summed E-state index contributed by atoms with van der Waals surface area (Å²) in [5.41, 5.74) is 0. The second kappa shape index (κ2) is 12.4. The molecule has 6 nitrogen and oxygen atoms in total. The van der Waals surface area contributed by atoms with E-state index in [1.54, 1.807) is 12.2 Å². The molecule has 0 aromatic heterocycles. The van der Waals surface area contributed by atoms with Crippen LogP contribution in [0.3, 0.4) is 0 Å². The number of nitrogens with zero attached hydrogens (tertiary/aromatic N) is 1. The van der Waals surface area contributed by atoms with Gasteiger partial charge in [-0.3, -0.25) is 9.59 Å². The van der Waals surface area contributed by atoms with Gasteiger partial charge in [-0.2, -0.15) is 0 Å². The van der Waals surface area contributed by atoms with Gasteiger partial charge in [0.15, 0.2) is 0 Å². The molecular weight excluding hydrogens is 260 g/mol. The van der Waals surface area contributed by atoms with Crippen LogP contribution in [-0.2, 0) is 9.59 Å². The van der Waals surface area contributed by atoms with Crippen molar-refractivity contribution in [2.75, 3.05) is 20.0 Å². The van der Waals surface area contributed by atoms with Crippen molar-refractivity contribution in [1.82, 2.24) is 10.2 Å². The summed E-state index contributed by atoms with van der Waals surface area (Å²) in [6.45, 7) is 1.93. The van der Waals surface area contributed by atoms with E-state index >= 15 is 0 Å². The molecule has 0 bridgehead atoms. The zero-order valence-electron chi connectivity index (χ0n) is 11.9. The molecule has 20 heavy (non-hydrogen) atoms. The van der Waals surface area contributed by atoms with Crippen LogP contribution < -0.4 is 5.32 Å². The van der Waals surface area contributed by atoms with Crippen LogP contribution in [0, 0.1) is 0 Å². The number of allylic oxidation sites excluding steroid dienone is 2. The van der Waals surface area contributed by atoms with E-state index in [-0.39, 0.29) is 18.5 Å². The maximum absolute atomic E-state index is 11.7. The van der Waals surface area contributed by atoms with Crippen molar-refractivity contribution in [3.63, 3.8) is 0 Å². The van der Waals surface area contributed by atoms with Gasteiger partial charge in [0.25, 0.3) is 0 Å². The van der Waals surface area contributed by atoms with Crippen LogP contribution >= 0.6 is 0 Å². The molecule has 114 valence electrons. The highest BCUT2D eigenvalue weighted by atomic mass is 16.3. The number of nitrogens with one attached hydrogen (secondary N) is 1. The van der Waals surface area contributed by atoms with Crippen molar-refractivity contribution in [1.29, 1.82) is 0 Å². The lowest BCUT2D eigenvalue weighted by atomic mass is 10.2. The van der Waals surface area contributed by atoms with Crippen LogP contribution in [0.15, 0.2) is 24.3 Å². The molecule has 0 aromatic rings. The van der Waals surface area contributed by atoms with Gasteiger partial charge in [-0.05, 0) is 25.0 Å². The number of unbranched alkanes of at least 4 members (excludes halogenated alkanes) is 2. The lowest BCUT2D eigenvalue weighted by Crippen LogP contribution is -2.31. The van der Waals surface area contributed by atoms with Crippen molar-refractivity contribution in [3.8, 4) is 0 Å². The summed E-state index contributed by atoms with van der Waals surface area (Å²) >= 11 is 0. The first-order valence-electron chi connectivity index (χ1n) is 6.77. The number of amides is 2. The van der Waals surface area contributed by atoms with Gasteiger partial charge in [0.2, 0.25) is 11.8 Å². The van der Waals surface area contributed by atoms with E-state index in [2.05, 4.69) is 12.2 Å². The highest BCUT2D eigenvalue weighted by molar-refractivity contribution is 5.88. The zero-order valence-corrected chi connectivity index (χ0v) is 11.9. The van der Waals surface area contributed by atoms with Crippen LogP contribution in [0.25, 0.3) is 0 Å². The predicted molar refractivity (Wildman–Crippen MR) is 76.4 cm³/mol. The van der Waals surface area contributed by atoms with E-state index in [9.17, 15) is 9.59 Å². The summed E-state index contributed by atoms with van der Waals surface area (Å²) < 4.78 is 0. The summed E-state index contributed by atoms with van der Waals surface area (Å²) in [5.74, 6) is -0.624. The fraction of sp³-hybridized carbons (Fsp3) is 0.571. The third kappa shape index (κ3) is 9.29. The molecule has 0 radical (unpaired) electrons. The minimum atomic E-state index is -0.402. The summed E-state index contributed by atoms with van der Waals surface area (Å²) in [7, 11) is 0. The molecule has 0 aromatic carbocycles. The normalized spacial score (nSPS) is 11.2. The largest absolute Gasteiger partial charge is 0.376 e. The molecule has 0 aliphatic carbocycles. The zero-order chi connectivity index (χ0) is 15.2. The van der Waals surface area contributed by atoms with E-state index < -0.39 is 6.73 Å². The Balaban J connectivity index is 4.03. The van der Waals surface area contributed by atoms with Gasteiger partial charge < -0.3 is 20.4 Å². The van der Waals surface area contributed by atoms with Gasteiger partial charge in [-0.25, -0.2) is 0 Å². The third-order valence-electron chi connectivity index (χ3n) is 2.57. The number of aliphatic hydroxyl groups excluding tert-OH is 2. The maximum Gasteiger partial charge on any atom is 0.248 e. The summed E-state index contributed by atoms with van der Waals surface area (Å²) in [6, 6.07) is 0. The van der Waals surface area contributed by atoms with Gasteiger partial charge >= 0.3 is 0 Å². The van der Waals surface area contributed by atoms with Crippen LogP contribution in [0.1, 0.15) is 32.6 Å². The molecule has 0 saturated carbocycles. The molecule has 0 atom stereocenters. The predicted octanol–water partition coefficient (Wildman–Crippen LogP) is 0.524. The lowest BCUT2D eigenvalue weighted by Gasteiger charge is -2.17. The summed E-state index contributed by atoms with van der Waals surface area (Å²) in [6.07, 6.45) is 9.26. The topological polar surface area (TPSA) is 89.9 Å². The Morgan fingerprint density at radius 3 is 2.45 bits per heavy atom. The number of carbonyl (C=O) groups excluding carboxylic acids is 2. The van der Waals surface area contributed by atoms with Crippen LogP contribution in [0.5, 0.6) is 0 Å². The molecule has 2 amide bonds. The summed E-state index contributed by atoms with van der Waals surface area (Å²) in [4.78, 5) is 24.0. The van der Waals surface area contributed by atoms with Crippen molar-refractivity contribution in [3.05, 3.63) is 24.3 Å². The maximum atomic E-state index is 11.7. The fourth-order valence-corrected chi connectivity index (χ4v) is 1.47. The van der Waals surface area contributed by atoms with E-state index in [1.807, 2.05) is 0 Å². The minimum absolute atomic E-state index is 0.239. The third-order valence-corrected chi connectivity index (χ3v) is 2.57. The molecule has 0 unspecified atom stereocenters. The van der Waals surface area contributed by atoms with Gasteiger partial charge in [0, 0.05) is 6.54 Å². The monoisotopic (exact) mass is 284 g/mol. The molecule has 0 aliphatic rings. The number of rotatable bonds is 10. The van der Waals surface area contributed by atoms with Gasteiger partial charge in [-0.1, -0.05) is 31.9 Å². The highest BCUT2D eigenvalue weighted by Crippen LogP contribution is 1.99. The number of hydrogen-bond acceptors (Lipinski definition) is 4. The van der Waals surface area contributed by atoms with E-state index in [4.69, 9.17) is 10.2 Å².